The molecule has 0 aliphatic heterocycles. The number of nitrogens with one attached hydrogen (secondary N) is 1. The largest absolute Gasteiger partial charge is 0.462 e. The maximum Gasteiger partial charge on any atom is 0.341 e. The molecule has 6 heteroatoms. The topological polar surface area (TPSA) is 77.2 Å². The molecule has 3 N–H and O–H groups in total. The van der Waals surface area contributed by atoms with Gasteiger partial charge in [-0.2, -0.15) is 0 Å². The zero-order chi connectivity index (χ0) is 14.5. The first-order valence-electron chi connectivity index (χ1n) is 6.95. The van der Waals surface area contributed by atoms with Crippen LogP contribution in [0.5, 0.6) is 0 Å². The third-order valence-corrected chi connectivity index (χ3v) is 3.70. The van der Waals surface area contributed by atoms with Crippen molar-refractivity contribution in [3.8, 4) is 0 Å². The van der Waals surface area contributed by atoms with Crippen molar-refractivity contribution >= 4 is 23.3 Å². The van der Waals surface area contributed by atoms with Crippen LogP contribution in [0, 0.1) is 0 Å². The number of esters is 1. The molecule has 20 heavy (non-hydrogen) atoms. The van der Waals surface area contributed by atoms with Gasteiger partial charge in [-0.25, -0.2) is 9.78 Å². The summed E-state index contributed by atoms with van der Waals surface area (Å²) in [6.07, 6.45) is 5.42. The highest BCUT2D eigenvalue weighted by atomic mass is 35.5. The van der Waals surface area contributed by atoms with Gasteiger partial charge in [-0.3, -0.25) is 0 Å². The molecule has 0 atom stereocenters. The molecule has 0 aromatic carbocycles. The maximum atomic E-state index is 11.9. The number of pyridine rings is 1. The Morgan fingerprint density at radius 3 is 2.85 bits per heavy atom. The van der Waals surface area contributed by atoms with Crippen molar-refractivity contribution in [3.05, 3.63) is 23.0 Å². The van der Waals surface area contributed by atoms with Gasteiger partial charge in [0.25, 0.3) is 0 Å². The van der Waals surface area contributed by atoms with E-state index in [1.807, 2.05) is 0 Å². The van der Waals surface area contributed by atoms with E-state index < -0.39 is 0 Å². The summed E-state index contributed by atoms with van der Waals surface area (Å²) in [6, 6.07) is 2.27. The van der Waals surface area contributed by atoms with Crippen LogP contribution in [-0.2, 0) is 4.74 Å². The molecular formula is C14H20ClN3O2. The molecule has 1 saturated carbocycles. The number of halogens is 1. The Labute approximate surface area is 123 Å². The van der Waals surface area contributed by atoms with Crippen molar-refractivity contribution in [2.45, 2.75) is 44.7 Å². The quantitative estimate of drug-likeness (QED) is 0.660. The van der Waals surface area contributed by atoms with Gasteiger partial charge in [0.2, 0.25) is 0 Å². The Hall–Kier alpha value is -1.33. The predicted octanol–water partition coefficient (Wildman–Crippen LogP) is 2.59. The molecule has 0 radical (unpaired) electrons. The van der Waals surface area contributed by atoms with Gasteiger partial charge in [0.05, 0.1) is 12.3 Å². The first-order valence-corrected chi connectivity index (χ1v) is 7.32. The zero-order valence-electron chi connectivity index (χ0n) is 11.6. The van der Waals surface area contributed by atoms with Gasteiger partial charge in [0.15, 0.2) is 0 Å². The zero-order valence-corrected chi connectivity index (χ0v) is 12.3. The molecule has 1 aromatic heterocycles. The molecule has 0 unspecified atom stereocenters. The van der Waals surface area contributed by atoms with Gasteiger partial charge < -0.3 is 15.8 Å². The fourth-order valence-electron chi connectivity index (χ4n) is 2.40. The summed E-state index contributed by atoms with van der Waals surface area (Å²) in [5.41, 5.74) is 7.01. The summed E-state index contributed by atoms with van der Waals surface area (Å²) in [7, 11) is 0. The monoisotopic (exact) mass is 297 g/mol. The van der Waals surface area contributed by atoms with Gasteiger partial charge in [-0.1, -0.05) is 11.6 Å². The van der Waals surface area contributed by atoms with Crippen LogP contribution in [0.4, 0.5) is 5.69 Å². The number of ether oxygens (including phenoxy) is 1. The molecule has 110 valence electrons. The predicted molar refractivity (Wildman–Crippen MR) is 79.1 cm³/mol. The highest BCUT2D eigenvalue weighted by Gasteiger charge is 2.21. The molecule has 0 amide bonds. The van der Waals surface area contributed by atoms with Gasteiger partial charge in [0.1, 0.15) is 10.7 Å². The lowest BCUT2D eigenvalue weighted by Gasteiger charge is -2.28. The minimum Gasteiger partial charge on any atom is -0.462 e. The summed E-state index contributed by atoms with van der Waals surface area (Å²) < 4.78 is 5.03. The normalized spacial score (nSPS) is 22.4. The molecular weight excluding hydrogens is 278 g/mol. The SMILES string of the molecule is CCOC(=O)c1cnc(Cl)cc1N[C@H]1CC[C@@H](N)CC1. The average molecular weight is 298 g/mol. The van der Waals surface area contributed by atoms with Crippen LogP contribution in [0.1, 0.15) is 43.0 Å². The van der Waals surface area contributed by atoms with Gasteiger partial charge in [-0.05, 0) is 38.7 Å². The van der Waals surface area contributed by atoms with E-state index in [-0.39, 0.29) is 5.97 Å². The van der Waals surface area contributed by atoms with Gasteiger partial charge >= 0.3 is 5.97 Å². The minimum absolute atomic E-state index is 0.290. The fraction of sp³-hybridized carbons (Fsp3) is 0.571. The second-order valence-corrected chi connectivity index (χ2v) is 5.42. The van der Waals surface area contributed by atoms with Crippen molar-refractivity contribution in [1.82, 2.24) is 4.98 Å². The van der Waals surface area contributed by atoms with Crippen molar-refractivity contribution in [3.63, 3.8) is 0 Å². The van der Waals surface area contributed by atoms with E-state index in [4.69, 9.17) is 22.1 Å². The van der Waals surface area contributed by atoms with Crippen LogP contribution in [-0.4, -0.2) is 29.6 Å². The lowest BCUT2D eigenvalue weighted by Crippen LogP contribution is -2.33. The summed E-state index contributed by atoms with van der Waals surface area (Å²) >= 11 is 5.92. The fourth-order valence-corrected chi connectivity index (χ4v) is 2.56. The molecule has 1 aliphatic rings. The van der Waals surface area contributed by atoms with E-state index in [1.165, 1.54) is 6.20 Å². The van der Waals surface area contributed by atoms with Crippen molar-refractivity contribution in [2.24, 2.45) is 5.73 Å². The molecule has 2 rings (SSSR count). The maximum absolute atomic E-state index is 11.9. The molecule has 5 nitrogen and oxygen atoms in total. The first kappa shape index (κ1) is 15.1. The van der Waals surface area contributed by atoms with E-state index in [1.54, 1.807) is 13.0 Å². The van der Waals surface area contributed by atoms with Crippen LogP contribution in [0.25, 0.3) is 0 Å². The van der Waals surface area contributed by atoms with E-state index >= 15 is 0 Å². The van der Waals surface area contributed by atoms with Crippen LogP contribution < -0.4 is 11.1 Å². The van der Waals surface area contributed by atoms with Crippen LogP contribution in [0.15, 0.2) is 12.3 Å². The van der Waals surface area contributed by atoms with Crippen LogP contribution in [0.3, 0.4) is 0 Å². The van der Waals surface area contributed by atoms with E-state index in [0.29, 0.717) is 35.1 Å². The first-order chi connectivity index (χ1) is 9.60. The summed E-state index contributed by atoms with van der Waals surface area (Å²) in [4.78, 5) is 15.9. The third-order valence-electron chi connectivity index (χ3n) is 3.50. The van der Waals surface area contributed by atoms with Crippen molar-refractivity contribution in [2.75, 3.05) is 11.9 Å². The number of nitrogens with two attached hydrogens (primary N) is 1. The van der Waals surface area contributed by atoms with Gasteiger partial charge in [0, 0.05) is 18.3 Å². The number of hydrogen-bond acceptors (Lipinski definition) is 5. The Bertz CT molecular complexity index is 473. The second kappa shape index (κ2) is 6.90. The highest BCUT2D eigenvalue weighted by Crippen LogP contribution is 2.25. The van der Waals surface area contributed by atoms with Crippen molar-refractivity contribution in [1.29, 1.82) is 0 Å². The van der Waals surface area contributed by atoms with Crippen molar-refractivity contribution < 1.29 is 9.53 Å². The highest BCUT2D eigenvalue weighted by molar-refractivity contribution is 6.29. The minimum atomic E-state index is -0.383. The summed E-state index contributed by atoms with van der Waals surface area (Å²) in [6.45, 7) is 2.11. The number of aromatic nitrogens is 1. The van der Waals surface area contributed by atoms with Crippen LogP contribution in [0.2, 0.25) is 5.15 Å². The third kappa shape index (κ3) is 3.84. The van der Waals surface area contributed by atoms with E-state index in [2.05, 4.69) is 10.3 Å². The molecule has 0 bridgehead atoms. The Morgan fingerprint density at radius 2 is 2.20 bits per heavy atom. The number of anilines is 1. The molecule has 1 fully saturated rings. The number of nitrogens with zero attached hydrogens (tertiary/aromatic N) is 1. The lowest BCUT2D eigenvalue weighted by molar-refractivity contribution is 0.0527. The molecule has 1 heterocycles. The Morgan fingerprint density at radius 1 is 1.50 bits per heavy atom. The molecule has 0 saturated heterocycles. The average Bonchev–Trinajstić information content (AvgIpc) is 2.42. The van der Waals surface area contributed by atoms with Crippen LogP contribution >= 0.6 is 11.6 Å². The molecule has 1 aliphatic carbocycles. The smallest absolute Gasteiger partial charge is 0.341 e. The second-order valence-electron chi connectivity index (χ2n) is 5.03. The number of carbonyl (C=O) groups is 1. The van der Waals surface area contributed by atoms with E-state index in [0.717, 1.165) is 25.7 Å². The van der Waals surface area contributed by atoms with Gasteiger partial charge in [-0.15, -0.1) is 0 Å². The molecule has 1 aromatic rings. The number of carbonyl (C=O) groups excluding carboxylic acids is 1. The number of rotatable bonds is 4. The standard InChI is InChI=1S/C14H20ClN3O2/c1-2-20-14(19)11-8-17-13(15)7-12(11)18-10-5-3-9(16)4-6-10/h7-10H,2-6,16H2,1H3,(H,17,18)/t9-,10+. The lowest BCUT2D eigenvalue weighted by atomic mass is 9.91. The Kier molecular flexibility index (Phi) is 5.20. The summed E-state index contributed by atoms with van der Waals surface area (Å²) in [5.74, 6) is -0.383. The summed E-state index contributed by atoms with van der Waals surface area (Å²) in [5, 5.41) is 3.72. The van der Waals surface area contributed by atoms with E-state index in [9.17, 15) is 4.79 Å². The number of hydrogen-bond donors (Lipinski definition) is 2. The Balaban J connectivity index is 2.12. The molecule has 0 spiro atoms.